The van der Waals surface area contributed by atoms with Gasteiger partial charge in [-0.05, 0) is 29.8 Å². The molecule has 3 amide bonds. The van der Waals surface area contributed by atoms with Gasteiger partial charge < -0.3 is 20.1 Å². The molecule has 1 aromatic heterocycles. The van der Waals surface area contributed by atoms with Crippen LogP contribution >= 0.6 is 23.2 Å². The molecule has 10 heteroatoms. The Bertz CT molecular complexity index is 1020. The first-order valence-electron chi connectivity index (χ1n) is 9.04. The second-order valence-corrected chi connectivity index (χ2v) is 7.25. The molecular formula is C20H19Cl2N5O3. The van der Waals surface area contributed by atoms with E-state index in [-0.39, 0.29) is 11.9 Å². The fraction of sp³-hybridized carbons (Fsp3) is 0.200. The van der Waals surface area contributed by atoms with Crippen LogP contribution < -0.4 is 10.6 Å². The number of anilines is 1. The van der Waals surface area contributed by atoms with Gasteiger partial charge in [-0.3, -0.25) is 4.79 Å². The van der Waals surface area contributed by atoms with Gasteiger partial charge in [-0.25, -0.2) is 4.79 Å². The quantitative estimate of drug-likeness (QED) is 0.569. The molecule has 0 spiro atoms. The third-order valence-electron chi connectivity index (χ3n) is 4.16. The van der Waals surface area contributed by atoms with E-state index in [1.54, 1.807) is 43.4 Å². The van der Waals surface area contributed by atoms with E-state index in [2.05, 4.69) is 20.8 Å². The largest absolute Gasteiger partial charge is 0.344 e. The van der Waals surface area contributed by atoms with E-state index in [9.17, 15) is 9.59 Å². The lowest BCUT2D eigenvalue weighted by Gasteiger charge is -2.17. The average molecular weight is 448 g/mol. The van der Waals surface area contributed by atoms with Gasteiger partial charge >= 0.3 is 17.8 Å². The highest BCUT2D eigenvalue weighted by molar-refractivity contribution is 6.33. The van der Waals surface area contributed by atoms with E-state index >= 15 is 0 Å². The third-order valence-corrected chi connectivity index (χ3v) is 4.74. The van der Waals surface area contributed by atoms with E-state index in [4.69, 9.17) is 27.7 Å². The van der Waals surface area contributed by atoms with Crippen molar-refractivity contribution in [2.45, 2.75) is 13.0 Å². The number of hydrogen-bond acceptors (Lipinski definition) is 5. The zero-order valence-electron chi connectivity index (χ0n) is 16.1. The minimum atomic E-state index is -0.478. The standard InChI is InChI=1S/C20H19Cl2N5O3/c1-27(20(29)24-16-5-3-2-4-15(16)22)11-10-17-25-19(30-26-17)18(28)23-12-13-6-8-14(21)9-7-13/h2-9H,10-12H2,1H3,(H,23,28)(H,24,29). The smallest absolute Gasteiger partial charge is 0.321 e. The van der Waals surface area contributed by atoms with Crippen LogP contribution in [0.3, 0.4) is 0 Å². The molecule has 0 unspecified atom stereocenters. The minimum Gasteiger partial charge on any atom is -0.344 e. The number of nitrogens with one attached hydrogen (secondary N) is 2. The number of likely N-dealkylation sites (N-methyl/N-ethyl adjacent to an activating group) is 1. The van der Waals surface area contributed by atoms with Crippen LogP contribution in [0.2, 0.25) is 10.0 Å². The van der Waals surface area contributed by atoms with Crippen LogP contribution in [0, 0.1) is 0 Å². The lowest BCUT2D eigenvalue weighted by molar-refractivity contribution is 0.0907. The molecule has 0 saturated carbocycles. The molecule has 0 atom stereocenters. The van der Waals surface area contributed by atoms with E-state index in [0.29, 0.717) is 41.1 Å². The fourth-order valence-electron chi connectivity index (χ4n) is 2.45. The van der Waals surface area contributed by atoms with Crippen LogP contribution in [-0.2, 0) is 13.0 Å². The molecule has 0 saturated heterocycles. The van der Waals surface area contributed by atoms with Gasteiger partial charge in [-0.2, -0.15) is 4.98 Å². The Morgan fingerprint density at radius 3 is 2.57 bits per heavy atom. The van der Waals surface area contributed by atoms with Crippen LogP contribution in [0.4, 0.5) is 10.5 Å². The van der Waals surface area contributed by atoms with Crippen LogP contribution in [0.1, 0.15) is 22.1 Å². The maximum Gasteiger partial charge on any atom is 0.321 e. The Morgan fingerprint density at radius 1 is 1.10 bits per heavy atom. The number of benzene rings is 2. The molecule has 2 N–H and O–H groups in total. The summed E-state index contributed by atoms with van der Waals surface area (Å²) in [4.78, 5) is 30.0. The molecule has 0 aliphatic rings. The van der Waals surface area contributed by atoms with Gasteiger partial charge in [-0.15, -0.1) is 0 Å². The second-order valence-electron chi connectivity index (χ2n) is 6.41. The summed E-state index contributed by atoms with van der Waals surface area (Å²) < 4.78 is 5.01. The van der Waals surface area contributed by atoms with Crippen molar-refractivity contribution in [3.63, 3.8) is 0 Å². The molecule has 0 aliphatic heterocycles. The first kappa shape index (κ1) is 21.6. The van der Waals surface area contributed by atoms with Crippen molar-refractivity contribution in [3.8, 4) is 0 Å². The Hall–Kier alpha value is -3.10. The number of urea groups is 1. The van der Waals surface area contributed by atoms with Crippen LogP contribution in [0.5, 0.6) is 0 Å². The summed E-state index contributed by atoms with van der Waals surface area (Å²) in [5.74, 6) is -0.292. The van der Waals surface area contributed by atoms with Crippen LogP contribution in [0.15, 0.2) is 53.1 Å². The molecule has 0 bridgehead atoms. The summed E-state index contributed by atoms with van der Waals surface area (Å²) >= 11 is 11.9. The van der Waals surface area contributed by atoms with E-state index < -0.39 is 5.91 Å². The Labute approximate surface area is 183 Å². The van der Waals surface area contributed by atoms with Gasteiger partial charge in [0.1, 0.15) is 0 Å². The van der Waals surface area contributed by atoms with Gasteiger partial charge in [0, 0.05) is 31.6 Å². The van der Waals surface area contributed by atoms with Gasteiger partial charge in [0.05, 0.1) is 10.7 Å². The Morgan fingerprint density at radius 2 is 1.83 bits per heavy atom. The molecule has 0 fully saturated rings. The van der Waals surface area contributed by atoms with Crippen molar-refractivity contribution in [1.82, 2.24) is 20.4 Å². The number of para-hydroxylation sites is 1. The highest BCUT2D eigenvalue weighted by atomic mass is 35.5. The Balaban J connectivity index is 1.47. The number of nitrogens with zero attached hydrogens (tertiary/aromatic N) is 3. The number of halogens is 2. The summed E-state index contributed by atoms with van der Waals surface area (Å²) in [6, 6.07) is 13.7. The summed E-state index contributed by atoms with van der Waals surface area (Å²) in [5.41, 5.74) is 1.41. The summed E-state index contributed by atoms with van der Waals surface area (Å²) in [6.07, 6.45) is 0.320. The van der Waals surface area contributed by atoms with Gasteiger partial charge in [0.2, 0.25) is 0 Å². The second kappa shape index (κ2) is 10.1. The maximum absolute atomic E-state index is 12.3. The molecule has 0 radical (unpaired) electrons. The predicted octanol–water partition coefficient (Wildman–Crippen LogP) is 4.01. The van der Waals surface area contributed by atoms with Crippen LogP contribution in [-0.4, -0.2) is 40.6 Å². The normalized spacial score (nSPS) is 10.5. The van der Waals surface area contributed by atoms with Gasteiger partial charge in [-0.1, -0.05) is 52.6 Å². The maximum atomic E-state index is 12.3. The van der Waals surface area contributed by atoms with Crippen molar-refractivity contribution >= 4 is 40.8 Å². The molecule has 2 aromatic carbocycles. The number of rotatable bonds is 7. The number of carbonyl (C=O) groups excluding carboxylic acids is 2. The molecule has 1 heterocycles. The predicted molar refractivity (Wildman–Crippen MR) is 114 cm³/mol. The van der Waals surface area contributed by atoms with Gasteiger partial charge in [0.25, 0.3) is 0 Å². The summed E-state index contributed by atoms with van der Waals surface area (Å²) in [7, 11) is 1.63. The lowest BCUT2D eigenvalue weighted by atomic mass is 10.2. The first-order valence-corrected chi connectivity index (χ1v) is 9.80. The van der Waals surface area contributed by atoms with Crippen molar-refractivity contribution in [3.05, 3.63) is 75.9 Å². The molecular weight excluding hydrogens is 429 g/mol. The minimum absolute atomic E-state index is 0.137. The molecule has 30 heavy (non-hydrogen) atoms. The van der Waals surface area contributed by atoms with E-state index in [1.165, 1.54) is 4.90 Å². The summed E-state index contributed by atoms with van der Waals surface area (Å²) in [6.45, 7) is 0.625. The first-order chi connectivity index (χ1) is 14.4. The number of amides is 3. The number of aromatic nitrogens is 2. The molecule has 3 aromatic rings. The number of hydrogen-bond donors (Lipinski definition) is 2. The van der Waals surface area contributed by atoms with Crippen molar-refractivity contribution in [1.29, 1.82) is 0 Å². The highest BCUT2D eigenvalue weighted by Crippen LogP contribution is 2.20. The zero-order chi connectivity index (χ0) is 21.5. The SMILES string of the molecule is CN(CCc1noc(C(=O)NCc2ccc(Cl)cc2)n1)C(=O)Nc1ccccc1Cl. The fourth-order valence-corrected chi connectivity index (χ4v) is 2.76. The molecule has 3 rings (SSSR count). The van der Waals surface area contributed by atoms with Crippen molar-refractivity contribution in [2.24, 2.45) is 0 Å². The lowest BCUT2D eigenvalue weighted by Crippen LogP contribution is -2.33. The van der Waals surface area contributed by atoms with E-state index in [0.717, 1.165) is 5.56 Å². The molecule has 156 valence electrons. The molecule has 8 nitrogen and oxygen atoms in total. The van der Waals surface area contributed by atoms with Crippen molar-refractivity contribution in [2.75, 3.05) is 18.9 Å². The Kier molecular flexibility index (Phi) is 7.26. The topological polar surface area (TPSA) is 100 Å². The van der Waals surface area contributed by atoms with E-state index in [1.807, 2.05) is 12.1 Å². The monoisotopic (exact) mass is 447 g/mol. The zero-order valence-corrected chi connectivity index (χ0v) is 17.6. The highest BCUT2D eigenvalue weighted by Gasteiger charge is 2.16. The number of carbonyl (C=O) groups is 2. The van der Waals surface area contributed by atoms with Gasteiger partial charge in [0.15, 0.2) is 5.82 Å². The average Bonchev–Trinajstić information content (AvgIpc) is 3.22. The third kappa shape index (κ3) is 5.95. The molecule has 0 aliphatic carbocycles. The van der Waals surface area contributed by atoms with Crippen LogP contribution in [0.25, 0.3) is 0 Å². The summed E-state index contributed by atoms with van der Waals surface area (Å²) in [5, 5.41) is 10.3. The van der Waals surface area contributed by atoms with Crippen molar-refractivity contribution < 1.29 is 14.1 Å².